The van der Waals surface area contributed by atoms with Gasteiger partial charge in [0.15, 0.2) is 18.1 Å². The van der Waals surface area contributed by atoms with Gasteiger partial charge >= 0.3 is 0 Å². The number of hydrogen-bond acceptors (Lipinski definition) is 4. The molecule has 0 fully saturated rings. The Labute approximate surface area is 122 Å². The van der Waals surface area contributed by atoms with E-state index in [2.05, 4.69) is 0 Å². The van der Waals surface area contributed by atoms with Crippen molar-refractivity contribution in [3.8, 4) is 11.5 Å². The molecule has 1 unspecified atom stereocenters. The average molecular weight is 300 g/mol. The van der Waals surface area contributed by atoms with Gasteiger partial charge in [-0.25, -0.2) is 0 Å². The number of nitrogens with two attached hydrogens (primary N) is 1. The lowest BCUT2D eigenvalue weighted by Crippen LogP contribution is -2.20. The predicted molar refractivity (Wildman–Crippen MR) is 78.0 cm³/mol. The fourth-order valence-corrected chi connectivity index (χ4v) is 1.76. The second kappa shape index (κ2) is 7.17. The van der Waals surface area contributed by atoms with Gasteiger partial charge in [-0.1, -0.05) is 17.7 Å². The van der Waals surface area contributed by atoms with Crippen LogP contribution in [0.1, 0.15) is 19.4 Å². The first-order valence-electron chi connectivity index (χ1n) is 6.00. The molecule has 6 heteroatoms. The largest absolute Gasteiger partial charge is 0.493 e. The Morgan fingerprint density at radius 1 is 1.55 bits per heavy atom. The van der Waals surface area contributed by atoms with Gasteiger partial charge in [0.1, 0.15) is 0 Å². The number of carbonyl (C=O) groups is 1. The van der Waals surface area contributed by atoms with E-state index >= 15 is 0 Å². The van der Waals surface area contributed by atoms with E-state index in [0.29, 0.717) is 10.8 Å². The summed E-state index contributed by atoms with van der Waals surface area (Å²) in [5.74, 6) is 0.0558. The van der Waals surface area contributed by atoms with Crippen molar-refractivity contribution in [3.63, 3.8) is 0 Å². The summed E-state index contributed by atoms with van der Waals surface area (Å²) in [4.78, 5) is 10.7. The van der Waals surface area contributed by atoms with Crippen LogP contribution in [0.3, 0.4) is 0 Å². The molecule has 5 nitrogen and oxygen atoms in total. The summed E-state index contributed by atoms with van der Waals surface area (Å²) < 4.78 is 10.4. The second-order valence-corrected chi connectivity index (χ2v) is 4.76. The van der Waals surface area contributed by atoms with Crippen LogP contribution in [0.25, 0.3) is 6.08 Å². The number of hydrogen-bond donors (Lipinski definition) is 2. The SMILES string of the molecule is COc1cc(/C=C(/C)C(C)O)cc(Cl)c1OCC(N)=O. The Kier molecular flexibility index (Phi) is 5.85. The third-order valence-corrected chi connectivity index (χ3v) is 2.94. The molecule has 0 aliphatic carbocycles. The number of carbonyl (C=O) groups excluding carboxylic acids is 1. The molecule has 0 aliphatic heterocycles. The number of methoxy groups -OCH3 is 1. The van der Waals surface area contributed by atoms with E-state index in [1.54, 1.807) is 25.1 Å². The molecule has 1 rings (SSSR count). The van der Waals surface area contributed by atoms with E-state index in [1.807, 2.05) is 6.92 Å². The third kappa shape index (κ3) is 4.43. The van der Waals surface area contributed by atoms with E-state index < -0.39 is 12.0 Å². The van der Waals surface area contributed by atoms with Crippen molar-refractivity contribution in [1.82, 2.24) is 0 Å². The van der Waals surface area contributed by atoms with Crippen LogP contribution in [0.5, 0.6) is 11.5 Å². The molecule has 0 heterocycles. The summed E-state index contributed by atoms with van der Waals surface area (Å²) in [7, 11) is 1.47. The van der Waals surface area contributed by atoms with Crippen molar-refractivity contribution >= 4 is 23.6 Å². The van der Waals surface area contributed by atoms with E-state index in [-0.39, 0.29) is 12.4 Å². The first-order valence-corrected chi connectivity index (χ1v) is 6.37. The fraction of sp³-hybridized carbons (Fsp3) is 0.357. The molecule has 1 atom stereocenters. The second-order valence-electron chi connectivity index (χ2n) is 4.35. The summed E-state index contributed by atoms with van der Waals surface area (Å²) >= 11 is 6.11. The lowest BCUT2D eigenvalue weighted by atomic mass is 10.1. The molecule has 0 radical (unpaired) electrons. The summed E-state index contributed by atoms with van der Waals surface area (Å²) in [6.07, 6.45) is 1.24. The zero-order valence-corrected chi connectivity index (χ0v) is 12.4. The van der Waals surface area contributed by atoms with Gasteiger partial charge in [-0.3, -0.25) is 4.79 Å². The Balaban J connectivity index is 3.13. The van der Waals surface area contributed by atoms with Crippen LogP contribution in [0.15, 0.2) is 17.7 Å². The minimum absolute atomic E-state index is 0.264. The lowest BCUT2D eigenvalue weighted by molar-refractivity contribution is -0.119. The number of rotatable bonds is 6. The van der Waals surface area contributed by atoms with Crippen LogP contribution in [0, 0.1) is 0 Å². The first-order chi connectivity index (χ1) is 9.35. The molecular weight excluding hydrogens is 282 g/mol. The van der Waals surface area contributed by atoms with Crippen molar-refractivity contribution < 1.29 is 19.4 Å². The monoisotopic (exact) mass is 299 g/mol. The van der Waals surface area contributed by atoms with Gasteiger partial charge in [-0.2, -0.15) is 0 Å². The molecule has 0 saturated carbocycles. The number of halogens is 1. The van der Waals surface area contributed by atoms with Crippen molar-refractivity contribution in [2.75, 3.05) is 13.7 Å². The minimum Gasteiger partial charge on any atom is -0.493 e. The van der Waals surface area contributed by atoms with Crippen LogP contribution in [-0.2, 0) is 4.79 Å². The first kappa shape index (κ1) is 16.3. The number of aliphatic hydroxyl groups is 1. The highest BCUT2D eigenvalue weighted by Crippen LogP contribution is 2.37. The summed E-state index contributed by atoms with van der Waals surface area (Å²) in [5, 5.41) is 9.77. The molecular formula is C14H18ClNO4. The average Bonchev–Trinajstić information content (AvgIpc) is 2.36. The van der Waals surface area contributed by atoms with Crippen LogP contribution in [-0.4, -0.2) is 30.8 Å². The topological polar surface area (TPSA) is 81.8 Å². The highest BCUT2D eigenvalue weighted by molar-refractivity contribution is 6.32. The Morgan fingerprint density at radius 2 is 2.20 bits per heavy atom. The zero-order valence-electron chi connectivity index (χ0n) is 11.6. The molecule has 0 saturated heterocycles. The molecule has 0 aliphatic rings. The van der Waals surface area contributed by atoms with Gasteiger partial charge in [-0.05, 0) is 37.1 Å². The van der Waals surface area contributed by atoms with E-state index in [1.165, 1.54) is 7.11 Å². The Bertz CT molecular complexity index is 526. The number of primary amides is 1. The lowest BCUT2D eigenvalue weighted by Gasteiger charge is -2.13. The molecule has 1 amide bonds. The maximum absolute atomic E-state index is 10.7. The number of amides is 1. The molecule has 110 valence electrons. The van der Waals surface area contributed by atoms with Gasteiger partial charge in [0.2, 0.25) is 0 Å². The minimum atomic E-state index is -0.600. The van der Waals surface area contributed by atoms with E-state index in [9.17, 15) is 9.90 Å². The number of ether oxygens (including phenoxy) is 2. The van der Waals surface area contributed by atoms with Crippen LogP contribution in [0.2, 0.25) is 5.02 Å². The van der Waals surface area contributed by atoms with E-state index in [0.717, 1.165) is 11.1 Å². The van der Waals surface area contributed by atoms with Gasteiger partial charge in [0, 0.05) is 0 Å². The number of aliphatic hydroxyl groups excluding tert-OH is 1. The van der Waals surface area contributed by atoms with Crippen molar-refractivity contribution in [2.45, 2.75) is 20.0 Å². The van der Waals surface area contributed by atoms with Crippen LogP contribution < -0.4 is 15.2 Å². The highest BCUT2D eigenvalue weighted by Gasteiger charge is 2.13. The Morgan fingerprint density at radius 3 is 2.70 bits per heavy atom. The maximum atomic E-state index is 10.7. The molecule has 0 spiro atoms. The number of benzene rings is 1. The van der Waals surface area contributed by atoms with Gasteiger partial charge < -0.3 is 20.3 Å². The normalized spacial score (nSPS) is 12.9. The van der Waals surface area contributed by atoms with Crippen LogP contribution >= 0.6 is 11.6 Å². The molecule has 1 aromatic carbocycles. The standard InChI is InChI=1S/C14H18ClNO4/c1-8(9(2)17)4-10-5-11(15)14(12(6-10)19-3)20-7-13(16)18/h4-6,9,17H,7H2,1-3H3,(H2,16,18)/b8-4-. The maximum Gasteiger partial charge on any atom is 0.255 e. The van der Waals surface area contributed by atoms with Gasteiger partial charge in [0.25, 0.3) is 5.91 Å². The van der Waals surface area contributed by atoms with Crippen molar-refractivity contribution in [3.05, 3.63) is 28.3 Å². The summed E-state index contributed by atoms with van der Waals surface area (Å²) in [6.45, 7) is 3.20. The van der Waals surface area contributed by atoms with Crippen molar-refractivity contribution in [2.24, 2.45) is 5.73 Å². The molecule has 3 N–H and O–H groups in total. The van der Waals surface area contributed by atoms with Crippen molar-refractivity contribution in [1.29, 1.82) is 0 Å². The highest BCUT2D eigenvalue weighted by atomic mass is 35.5. The van der Waals surface area contributed by atoms with E-state index in [4.69, 9.17) is 26.8 Å². The van der Waals surface area contributed by atoms with Gasteiger partial charge in [-0.15, -0.1) is 0 Å². The molecule has 20 heavy (non-hydrogen) atoms. The third-order valence-electron chi connectivity index (χ3n) is 2.66. The quantitative estimate of drug-likeness (QED) is 0.841. The van der Waals surface area contributed by atoms with Gasteiger partial charge in [0.05, 0.1) is 18.2 Å². The Hall–Kier alpha value is -1.72. The fourth-order valence-electron chi connectivity index (χ4n) is 1.49. The molecule has 0 bridgehead atoms. The smallest absolute Gasteiger partial charge is 0.255 e. The molecule has 1 aromatic rings. The zero-order chi connectivity index (χ0) is 15.3. The molecule has 0 aromatic heterocycles. The summed E-state index contributed by atoms with van der Waals surface area (Å²) in [6, 6.07) is 3.36. The predicted octanol–water partition coefficient (Wildman–Crippen LogP) is 2.00. The van der Waals surface area contributed by atoms with Crippen LogP contribution in [0.4, 0.5) is 0 Å². The summed E-state index contributed by atoms with van der Waals surface area (Å²) in [5.41, 5.74) is 6.57.